The van der Waals surface area contributed by atoms with E-state index in [0.717, 1.165) is 11.6 Å². The molecule has 1 amide bonds. The van der Waals surface area contributed by atoms with Crippen LogP contribution in [0.25, 0.3) is 0 Å². The molecule has 1 unspecified atom stereocenters. The highest BCUT2D eigenvalue weighted by molar-refractivity contribution is 7.89. The lowest BCUT2D eigenvalue weighted by Gasteiger charge is -2.31. The van der Waals surface area contributed by atoms with E-state index in [1.165, 1.54) is 16.4 Å². The number of aryl methyl sites for hydroxylation is 1. The summed E-state index contributed by atoms with van der Waals surface area (Å²) in [6, 6.07) is 10.8. The number of carbonyl (C=O) groups is 1. The standard InChI is InChI=1S/C21H24ClN3O5S/c1-14-7-8-17(25(27)28)13-20(14)31(29,30)24-11-9-16(10-12-24)21(26)23-15(2)18-5-3-4-6-19(18)22/h3-8,13,15-16H,9-12H2,1-2H3,(H,23,26). The van der Waals surface area contributed by atoms with Crippen LogP contribution in [0.1, 0.15) is 36.9 Å². The maximum absolute atomic E-state index is 13.0. The van der Waals surface area contributed by atoms with Gasteiger partial charge in [-0.25, -0.2) is 8.42 Å². The number of halogens is 1. The van der Waals surface area contributed by atoms with Crippen molar-refractivity contribution in [3.8, 4) is 0 Å². The fraction of sp³-hybridized carbons (Fsp3) is 0.381. The third-order valence-electron chi connectivity index (χ3n) is 5.56. The number of nitro benzene ring substituents is 1. The Morgan fingerprint density at radius 3 is 2.48 bits per heavy atom. The first-order chi connectivity index (χ1) is 14.6. The molecule has 0 spiro atoms. The molecule has 10 heteroatoms. The van der Waals surface area contributed by atoms with E-state index in [1.807, 2.05) is 25.1 Å². The Hall–Kier alpha value is -2.49. The number of non-ortho nitro benzene ring substituents is 1. The molecular weight excluding hydrogens is 442 g/mol. The molecule has 0 saturated carbocycles. The van der Waals surface area contributed by atoms with Gasteiger partial charge in [-0.15, -0.1) is 0 Å². The summed E-state index contributed by atoms with van der Waals surface area (Å²) in [6.07, 6.45) is 0.739. The van der Waals surface area contributed by atoms with Gasteiger partial charge in [0.25, 0.3) is 5.69 Å². The summed E-state index contributed by atoms with van der Waals surface area (Å²) >= 11 is 6.19. The maximum atomic E-state index is 13.0. The second-order valence-corrected chi connectivity index (χ2v) is 9.95. The van der Waals surface area contributed by atoms with Crippen molar-refractivity contribution >= 4 is 33.2 Å². The molecule has 3 rings (SSSR count). The Balaban J connectivity index is 1.66. The van der Waals surface area contributed by atoms with Gasteiger partial charge in [-0.3, -0.25) is 14.9 Å². The van der Waals surface area contributed by atoms with Gasteiger partial charge in [-0.1, -0.05) is 35.9 Å². The van der Waals surface area contributed by atoms with Crippen LogP contribution in [0.5, 0.6) is 0 Å². The number of rotatable bonds is 6. The molecule has 2 aromatic rings. The van der Waals surface area contributed by atoms with Gasteiger partial charge in [-0.2, -0.15) is 4.31 Å². The number of nitro groups is 1. The molecule has 8 nitrogen and oxygen atoms in total. The summed E-state index contributed by atoms with van der Waals surface area (Å²) in [5, 5.41) is 14.6. The fourth-order valence-corrected chi connectivity index (χ4v) is 5.73. The van der Waals surface area contributed by atoms with Gasteiger partial charge in [0.1, 0.15) is 0 Å². The predicted octanol–water partition coefficient (Wildman–Crippen LogP) is 3.83. The zero-order valence-electron chi connectivity index (χ0n) is 17.2. The summed E-state index contributed by atoms with van der Waals surface area (Å²) < 4.78 is 27.4. The molecule has 1 fully saturated rings. The number of sulfonamides is 1. The molecule has 0 radical (unpaired) electrons. The minimum absolute atomic E-state index is 0.0723. The molecule has 2 aromatic carbocycles. The first-order valence-corrected chi connectivity index (χ1v) is 11.7. The third-order valence-corrected chi connectivity index (χ3v) is 7.94. The van der Waals surface area contributed by atoms with Gasteiger partial charge in [0, 0.05) is 36.2 Å². The number of nitrogens with zero attached hydrogens (tertiary/aromatic N) is 2. The van der Waals surface area contributed by atoms with Crippen LogP contribution < -0.4 is 5.32 Å². The van der Waals surface area contributed by atoms with Crippen LogP contribution in [-0.2, 0) is 14.8 Å². The number of piperidine rings is 1. The highest BCUT2D eigenvalue weighted by atomic mass is 35.5. The summed E-state index contributed by atoms with van der Waals surface area (Å²) in [7, 11) is -3.89. The summed E-state index contributed by atoms with van der Waals surface area (Å²) in [4.78, 5) is 23.0. The molecule has 0 aromatic heterocycles. The van der Waals surface area contributed by atoms with Crippen LogP contribution in [-0.4, -0.2) is 36.6 Å². The van der Waals surface area contributed by atoms with E-state index in [9.17, 15) is 23.3 Å². The average molecular weight is 466 g/mol. The van der Waals surface area contributed by atoms with Crippen molar-refractivity contribution in [2.24, 2.45) is 5.92 Å². The lowest BCUT2D eigenvalue weighted by Crippen LogP contribution is -2.43. The van der Waals surface area contributed by atoms with Crippen molar-refractivity contribution in [3.05, 3.63) is 68.7 Å². The van der Waals surface area contributed by atoms with Crippen LogP contribution in [0.15, 0.2) is 47.4 Å². The first-order valence-electron chi connectivity index (χ1n) is 9.91. The Morgan fingerprint density at radius 1 is 1.23 bits per heavy atom. The van der Waals surface area contributed by atoms with Crippen LogP contribution in [0.3, 0.4) is 0 Å². The van der Waals surface area contributed by atoms with Crippen molar-refractivity contribution in [1.82, 2.24) is 9.62 Å². The van der Waals surface area contributed by atoms with Gasteiger partial charge in [0.15, 0.2) is 0 Å². The molecular formula is C21H24ClN3O5S. The highest BCUT2D eigenvalue weighted by Crippen LogP contribution is 2.29. The van der Waals surface area contributed by atoms with E-state index in [0.29, 0.717) is 23.4 Å². The molecule has 166 valence electrons. The monoisotopic (exact) mass is 465 g/mol. The van der Waals surface area contributed by atoms with Crippen LogP contribution in [0, 0.1) is 23.0 Å². The molecule has 0 bridgehead atoms. The normalized spacial score (nSPS) is 16.6. The Morgan fingerprint density at radius 2 is 1.87 bits per heavy atom. The number of hydrogen-bond donors (Lipinski definition) is 1. The quantitative estimate of drug-likeness (QED) is 0.515. The van der Waals surface area contributed by atoms with Gasteiger partial charge >= 0.3 is 0 Å². The molecule has 1 heterocycles. The number of amides is 1. The van der Waals surface area contributed by atoms with Crippen molar-refractivity contribution < 1.29 is 18.1 Å². The van der Waals surface area contributed by atoms with E-state index < -0.39 is 14.9 Å². The van der Waals surface area contributed by atoms with E-state index in [-0.39, 0.29) is 41.5 Å². The molecule has 1 saturated heterocycles. The molecule has 31 heavy (non-hydrogen) atoms. The minimum Gasteiger partial charge on any atom is -0.349 e. The second-order valence-electron chi connectivity index (χ2n) is 7.64. The minimum atomic E-state index is -3.89. The lowest BCUT2D eigenvalue weighted by atomic mass is 9.96. The van der Waals surface area contributed by atoms with Gasteiger partial charge in [0.2, 0.25) is 15.9 Å². The SMILES string of the molecule is Cc1ccc([N+](=O)[O-])cc1S(=O)(=O)N1CCC(C(=O)NC(C)c2ccccc2Cl)CC1. The second kappa shape index (κ2) is 9.33. The van der Waals surface area contributed by atoms with Crippen molar-refractivity contribution in [3.63, 3.8) is 0 Å². The van der Waals surface area contributed by atoms with E-state index in [4.69, 9.17) is 11.6 Å². The number of benzene rings is 2. The zero-order chi connectivity index (χ0) is 22.8. The predicted molar refractivity (Wildman–Crippen MR) is 117 cm³/mol. The van der Waals surface area contributed by atoms with Crippen molar-refractivity contribution in [2.45, 2.75) is 37.6 Å². The van der Waals surface area contributed by atoms with E-state index >= 15 is 0 Å². The fourth-order valence-electron chi connectivity index (χ4n) is 3.71. The van der Waals surface area contributed by atoms with Crippen molar-refractivity contribution in [2.75, 3.05) is 13.1 Å². The Bertz CT molecular complexity index is 1100. The smallest absolute Gasteiger partial charge is 0.270 e. The Labute approximate surface area is 186 Å². The number of carbonyl (C=O) groups excluding carboxylic acids is 1. The maximum Gasteiger partial charge on any atom is 0.270 e. The zero-order valence-corrected chi connectivity index (χ0v) is 18.8. The van der Waals surface area contributed by atoms with E-state index in [2.05, 4.69) is 5.32 Å². The highest BCUT2D eigenvalue weighted by Gasteiger charge is 2.34. The summed E-state index contributed by atoms with van der Waals surface area (Å²) in [5.41, 5.74) is 0.990. The first kappa shape index (κ1) is 23.2. The lowest BCUT2D eigenvalue weighted by molar-refractivity contribution is -0.385. The molecule has 0 aliphatic carbocycles. The molecule has 1 N–H and O–H groups in total. The van der Waals surface area contributed by atoms with Crippen LogP contribution in [0.4, 0.5) is 5.69 Å². The summed E-state index contributed by atoms with van der Waals surface area (Å²) in [6.45, 7) is 3.79. The third kappa shape index (κ3) is 5.06. The molecule has 1 aliphatic heterocycles. The Kier molecular flexibility index (Phi) is 6.98. The van der Waals surface area contributed by atoms with Crippen molar-refractivity contribution in [1.29, 1.82) is 0 Å². The topological polar surface area (TPSA) is 110 Å². The van der Waals surface area contributed by atoms with Gasteiger partial charge < -0.3 is 5.32 Å². The van der Waals surface area contributed by atoms with Gasteiger partial charge in [-0.05, 0) is 43.9 Å². The van der Waals surface area contributed by atoms with Crippen LogP contribution >= 0.6 is 11.6 Å². The molecule has 1 aliphatic rings. The van der Waals surface area contributed by atoms with Gasteiger partial charge in [0.05, 0.1) is 15.9 Å². The number of nitrogens with one attached hydrogen (secondary N) is 1. The molecule has 1 atom stereocenters. The van der Waals surface area contributed by atoms with E-state index in [1.54, 1.807) is 13.0 Å². The average Bonchev–Trinajstić information content (AvgIpc) is 2.74. The largest absolute Gasteiger partial charge is 0.349 e. The summed E-state index contributed by atoms with van der Waals surface area (Å²) in [5.74, 6) is -0.460. The van der Waals surface area contributed by atoms with Crippen LogP contribution in [0.2, 0.25) is 5.02 Å². The number of hydrogen-bond acceptors (Lipinski definition) is 5.